The molecule has 0 radical (unpaired) electrons. The molecule has 0 amide bonds. The molecule has 18 heavy (non-hydrogen) atoms. The molecule has 0 aliphatic carbocycles. The Morgan fingerprint density at radius 2 is 1.39 bits per heavy atom. The maximum absolute atomic E-state index is 12.2. The molecule has 2 rings (SSSR count). The molecule has 0 bridgehead atoms. The van der Waals surface area contributed by atoms with Crippen LogP contribution in [0.4, 0.5) is 0 Å². The average Bonchev–Trinajstić information content (AvgIpc) is 2.83. The second-order valence-electron chi connectivity index (χ2n) is 3.18. The molecule has 2 aromatic rings. The van der Waals surface area contributed by atoms with Crippen molar-refractivity contribution in [2.45, 2.75) is 12.6 Å². The van der Waals surface area contributed by atoms with Crippen LogP contribution in [0.15, 0.2) is 40.7 Å². The van der Waals surface area contributed by atoms with E-state index in [2.05, 4.69) is 15.9 Å². The van der Waals surface area contributed by atoms with Gasteiger partial charge in [0.25, 0.3) is 0 Å². The van der Waals surface area contributed by atoms with Crippen LogP contribution in [0.5, 0.6) is 0 Å². The van der Waals surface area contributed by atoms with Crippen LogP contribution in [-0.4, -0.2) is 16.8 Å². The molecule has 0 saturated heterocycles. The van der Waals surface area contributed by atoms with Crippen molar-refractivity contribution in [1.82, 2.24) is 0 Å². The summed E-state index contributed by atoms with van der Waals surface area (Å²) in [5.41, 5.74) is 0. The molecule has 2 heterocycles. The number of primary sulfonamides is 1. The number of rotatable bonds is 3. The third kappa shape index (κ3) is 2.68. The standard InChI is InChI=1S/C8H6BrNO4S4/c9-5-1-2-6(15-5)17(11,12)7-3-4-8(16-7)18(10,13)14/h1-4H,(H2,10,13,14). The van der Waals surface area contributed by atoms with E-state index in [9.17, 15) is 16.8 Å². The lowest BCUT2D eigenvalue weighted by atomic mass is 10.7. The number of sulfone groups is 1. The van der Waals surface area contributed by atoms with Crippen LogP contribution < -0.4 is 5.14 Å². The summed E-state index contributed by atoms with van der Waals surface area (Å²) in [7, 11) is -7.54. The van der Waals surface area contributed by atoms with Gasteiger partial charge in [0.05, 0.1) is 3.79 Å². The summed E-state index contributed by atoms with van der Waals surface area (Å²) in [6.45, 7) is 0. The molecule has 10 heteroatoms. The molecule has 2 N–H and O–H groups in total. The minimum Gasteiger partial charge on any atom is -0.224 e. The number of halogens is 1. The first-order chi connectivity index (χ1) is 8.21. The molecule has 0 unspecified atom stereocenters. The van der Waals surface area contributed by atoms with Crippen molar-refractivity contribution in [3.8, 4) is 0 Å². The molecule has 5 nitrogen and oxygen atoms in total. The van der Waals surface area contributed by atoms with Gasteiger partial charge in [-0.2, -0.15) is 0 Å². The van der Waals surface area contributed by atoms with Crippen LogP contribution in [0.1, 0.15) is 0 Å². The second-order valence-corrected chi connectivity index (χ2v) is 10.9. The topological polar surface area (TPSA) is 94.3 Å². The molecule has 0 spiro atoms. The van der Waals surface area contributed by atoms with E-state index in [0.29, 0.717) is 15.1 Å². The Morgan fingerprint density at radius 3 is 1.83 bits per heavy atom. The quantitative estimate of drug-likeness (QED) is 0.871. The van der Waals surface area contributed by atoms with Crippen LogP contribution >= 0.6 is 38.6 Å². The summed E-state index contributed by atoms with van der Waals surface area (Å²) in [5.74, 6) is 0. The maximum atomic E-state index is 12.2. The first kappa shape index (κ1) is 14.2. The van der Waals surface area contributed by atoms with Crippen LogP contribution in [0.2, 0.25) is 0 Å². The van der Waals surface area contributed by atoms with E-state index in [1.54, 1.807) is 6.07 Å². The Morgan fingerprint density at radius 1 is 0.889 bits per heavy atom. The minimum atomic E-state index is -3.87. The third-order valence-corrected chi connectivity index (χ3v) is 8.80. The Bertz CT molecular complexity index is 787. The predicted octanol–water partition coefficient (Wildman–Crippen LogP) is 2.05. The number of hydrogen-bond donors (Lipinski definition) is 1. The molecule has 0 saturated carbocycles. The first-order valence-electron chi connectivity index (χ1n) is 4.34. The summed E-state index contributed by atoms with van der Waals surface area (Å²) in [6, 6.07) is 5.51. The van der Waals surface area contributed by atoms with Gasteiger partial charge in [0.2, 0.25) is 19.9 Å². The Hall–Kier alpha value is -0.260. The van der Waals surface area contributed by atoms with Gasteiger partial charge in [0.1, 0.15) is 12.6 Å². The third-order valence-electron chi connectivity index (χ3n) is 1.92. The lowest BCUT2D eigenvalue weighted by Gasteiger charge is -1.96. The van der Waals surface area contributed by atoms with Gasteiger partial charge in [-0.1, -0.05) is 0 Å². The highest BCUT2D eigenvalue weighted by Crippen LogP contribution is 2.34. The Balaban J connectivity index is 2.53. The van der Waals surface area contributed by atoms with Gasteiger partial charge in [-0.25, -0.2) is 22.0 Å². The van der Waals surface area contributed by atoms with Gasteiger partial charge in [0, 0.05) is 0 Å². The molecule has 0 fully saturated rings. The monoisotopic (exact) mass is 387 g/mol. The van der Waals surface area contributed by atoms with Crippen molar-refractivity contribution in [3.05, 3.63) is 28.1 Å². The summed E-state index contributed by atoms with van der Waals surface area (Å²) in [6.07, 6.45) is 0. The number of sulfonamides is 1. The smallest absolute Gasteiger partial charge is 0.224 e. The summed E-state index contributed by atoms with van der Waals surface area (Å²) in [4.78, 5) is 0. The van der Waals surface area contributed by atoms with Gasteiger partial charge >= 0.3 is 0 Å². The fourth-order valence-corrected chi connectivity index (χ4v) is 7.01. The molecular weight excluding hydrogens is 382 g/mol. The largest absolute Gasteiger partial charge is 0.247 e. The molecule has 0 atom stereocenters. The van der Waals surface area contributed by atoms with Crippen LogP contribution in [0, 0.1) is 0 Å². The predicted molar refractivity (Wildman–Crippen MR) is 73.2 cm³/mol. The SMILES string of the molecule is NS(=O)(=O)c1ccc(S(=O)(=O)c2ccc(Br)s2)s1. The van der Waals surface area contributed by atoms with Crippen molar-refractivity contribution < 1.29 is 16.8 Å². The van der Waals surface area contributed by atoms with E-state index in [1.807, 2.05) is 0 Å². The van der Waals surface area contributed by atoms with E-state index >= 15 is 0 Å². The van der Waals surface area contributed by atoms with Crippen LogP contribution in [0.25, 0.3) is 0 Å². The van der Waals surface area contributed by atoms with Gasteiger partial charge in [-0.3, -0.25) is 0 Å². The second kappa shape index (κ2) is 4.69. The fourth-order valence-electron chi connectivity index (χ4n) is 1.14. The number of nitrogens with two attached hydrogens (primary N) is 1. The highest BCUT2D eigenvalue weighted by molar-refractivity contribution is 9.11. The van der Waals surface area contributed by atoms with Crippen molar-refractivity contribution in [2.75, 3.05) is 0 Å². The Labute approximate surface area is 120 Å². The van der Waals surface area contributed by atoms with Gasteiger partial charge in [-0.05, 0) is 40.2 Å². The minimum absolute atomic E-state index is 0.0409. The van der Waals surface area contributed by atoms with Crippen LogP contribution in [0.3, 0.4) is 0 Å². The molecule has 0 aliphatic rings. The van der Waals surface area contributed by atoms with Crippen molar-refractivity contribution in [1.29, 1.82) is 0 Å². The zero-order chi connectivity index (χ0) is 13.6. The number of thiophene rings is 2. The highest BCUT2D eigenvalue weighted by atomic mass is 79.9. The van der Waals surface area contributed by atoms with Crippen LogP contribution in [-0.2, 0) is 19.9 Å². The lowest BCUT2D eigenvalue weighted by molar-refractivity contribution is 0.598. The van der Waals surface area contributed by atoms with Crippen molar-refractivity contribution in [2.24, 2.45) is 5.14 Å². The zero-order valence-corrected chi connectivity index (χ0v) is 13.4. The summed E-state index contributed by atoms with van der Waals surface area (Å²) >= 11 is 4.88. The average molecular weight is 388 g/mol. The fraction of sp³-hybridized carbons (Fsp3) is 0. The zero-order valence-electron chi connectivity index (χ0n) is 8.53. The summed E-state index contributed by atoms with van der Waals surface area (Å²) in [5, 5.41) is 4.94. The molecular formula is C8H6BrNO4S4. The highest BCUT2D eigenvalue weighted by Gasteiger charge is 2.24. The van der Waals surface area contributed by atoms with Gasteiger partial charge in [0.15, 0.2) is 0 Å². The molecule has 98 valence electrons. The van der Waals surface area contributed by atoms with Crippen molar-refractivity contribution in [3.63, 3.8) is 0 Å². The Kier molecular flexibility index (Phi) is 3.69. The van der Waals surface area contributed by atoms with Gasteiger partial charge < -0.3 is 0 Å². The normalized spacial score (nSPS) is 12.8. The van der Waals surface area contributed by atoms with E-state index in [0.717, 1.165) is 11.3 Å². The first-order valence-corrected chi connectivity index (χ1v) is 9.80. The maximum Gasteiger partial charge on any atom is 0.247 e. The lowest BCUT2D eigenvalue weighted by Crippen LogP contribution is -2.09. The van der Waals surface area contributed by atoms with E-state index in [-0.39, 0.29) is 12.6 Å². The molecule has 0 aromatic carbocycles. The van der Waals surface area contributed by atoms with Gasteiger partial charge in [-0.15, -0.1) is 22.7 Å². The van der Waals surface area contributed by atoms with Crippen molar-refractivity contribution >= 4 is 58.5 Å². The van der Waals surface area contributed by atoms with E-state index < -0.39 is 19.9 Å². The number of hydrogen-bond acceptors (Lipinski definition) is 6. The van der Waals surface area contributed by atoms with E-state index in [4.69, 9.17) is 5.14 Å². The molecule has 2 aromatic heterocycles. The molecule has 0 aliphatic heterocycles. The summed E-state index contributed by atoms with van der Waals surface area (Å²) < 4.78 is 47.1. The van der Waals surface area contributed by atoms with E-state index in [1.165, 1.54) is 18.2 Å².